The molecule has 0 aliphatic heterocycles. The van der Waals surface area contributed by atoms with E-state index in [2.05, 4.69) is 5.32 Å². The monoisotopic (exact) mass is 355 g/mol. The molecule has 0 aliphatic rings. The predicted molar refractivity (Wildman–Crippen MR) is 99.8 cm³/mol. The Morgan fingerprint density at radius 1 is 1.00 bits per heavy atom. The van der Waals surface area contributed by atoms with Crippen LogP contribution in [0.2, 0.25) is 0 Å². The van der Waals surface area contributed by atoms with Gasteiger partial charge in [-0.05, 0) is 36.1 Å². The highest BCUT2D eigenvalue weighted by Gasteiger charge is 2.27. The molecule has 5 nitrogen and oxygen atoms in total. The number of benzene rings is 2. The number of hydrogen-bond acceptors (Lipinski definition) is 4. The molecule has 1 N–H and O–H groups in total. The van der Waals surface area contributed by atoms with E-state index in [0.29, 0.717) is 6.42 Å². The first-order chi connectivity index (χ1) is 12.5. The summed E-state index contributed by atoms with van der Waals surface area (Å²) >= 11 is 0. The van der Waals surface area contributed by atoms with Gasteiger partial charge in [-0.3, -0.25) is 4.79 Å². The van der Waals surface area contributed by atoms with Crippen molar-refractivity contribution in [2.24, 2.45) is 0 Å². The number of esters is 1. The van der Waals surface area contributed by atoms with Gasteiger partial charge < -0.3 is 14.8 Å². The van der Waals surface area contributed by atoms with Gasteiger partial charge in [0.25, 0.3) is 5.91 Å². The average molecular weight is 355 g/mol. The molecular formula is C21H25NO4. The fourth-order valence-corrected chi connectivity index (χ4v) is 2.77. The zero-order valence-electron chi connectivity index (χ0n) is 15.6. The maximum absolute atomic E-state index is 12.7. The third kappa shape index (κ3) is 4.92. The Balaban J connectivity index is 2.17. The van der Waals surface area contributed by atoms with Gasteiger partial charge >= 0.3 is 5.97 Å². The third-order valence-corrected chi connectivity index (χ3v) is 4.39. The number of aryl methyl sites for hydroxylation is 2. The molecule has 0 saturated carbocycles. The van der Waals surface area contributed by atoms with Crippen LogP contribution in [0.3, 0.4) is 0 Å². The van der Waals surface area contributed by atoms with Crippen LogP contribution in [0, 0.1) is 13.8 Å². The maximum Gasteiger partial charge on any atom is 0.328 e. The van der Waals surface area contributed by atoms with Crippen molar-refractivity contribution < 1.29 is 19.1 Å². The van der Waals surface area contributed by atoms with Crippen molar-refractivity contribution in [1.82, 2.24) is 5.32 Å². The molecule has 0 radical (unpaired) electrons. The Kier molecular flexibility index (Phi) is 6.92. The summed E-state index contributed by atoms with van der Waals surface area (Å²) in [5, 5.41) is 2.76. The highest BCUT2D eigenvalue weighted by Crippen LogP contribution is 2.17. The quantitative estimate of drug-likeness (QED) is 0.776. The Morgan fingerprint density at radius 2 is 1.69 bits per heavy atom. The Morgan fingerprint density at radius 3 is 2.27 bits per heavy atom. The molecule has 0 spiro atoms. The Bertz CT molecular complexity index is 758. The highest BCUT2D eigenvalue weighted by atomic mass is 16.5. The molecule has 0 aromatic heterocycles. The molecular weight excluding hydrogens is 330 g/mol. The number of methoxy groups -OCH3 is 2. The van der Waals surface area contributed by atoms with E-state index in [1.54, 1.807) is 0 Å². The van der Waals surface area contributed by atoms with Crippen molar-refractivity contribution in [3.63, 3.8) is 0 Å². The second-order valence-corrected chi connectivity index (χ2v) is 6.23. The molecule has 138 valence electrons. The molecule has 0 aliphatic carbocycles. The lowest BCUT2D eigenvalue weighted by atomic mass is 10.0. The van der Waals surface area contributed by atoms with Crippen LogP contribution in [0.5, 0.6) is 0 Å². The van der Waals surface area contributed by atoms with Gasteiger partial charge in [0.1, 0.15) is 6.04 Å². The van der Waals surface area contributed by atoms with Gasteiger partial charge in [-0.2, -0.15) is 0 Å². The summed E-state index contributed by atoms with van der Waals surface area (Å²) in [7, 11) is 2.78. The standard InChI is InChI=1S/C21H25NO4/c1-14-10-11-16(12-15(14)2)13-18(21(24)26-4)22-20(23)19(25-3)17-8-6-5-7-9-17/h5-12,18-19H,13H2,1-4H3,(H,22,23)/t18-,19+/m0/s1. The van der Waals surface area contributed by atoms with Crippen LogP contribution in [-0.2, 0) is 25.5 Å². The second kappa shape index (κ2) is 9.15. The van der Waals surface area contributed by atoms with E-state index < -0.39 is 18.1 Å². The minimum Gasteiger partial charge on any atom is -0.467 e. The van der Waals surface area contributed by atoms with Crippen LogP contribution < -0.4 is 5.32 Å². The number of carbonyl (C=O) groups is 2. The van der Waals surface area contributed by atoms with Crippen LogP contribution in [-0.4, -0.2) is 32.1 Å². The number of hydrogen-bond donors (Lipinski definition) is 1. The van der Waals surface area contributed by atoms with Crippen molar-refractivity contribution in [3.8, 4) is 0 Å². The van der Waals surface area contributed by atoms with Crippen molar-refractivity contribution in [2.45, 2.75) is 32.4 Å². The van der Waals surface area contributed by atoms with Gasteiger partial charge in [0, 0.05) is 13.5 Å². The first-order valence-corrected chi connectivity index (χ1v) is 8.48. The Labute approximate surface area is 154 Å². The van der Waals surface area contributed by atoms with E-state index in [4.69, 9.17) is 9.47 Å². The molecule has 2 rings (SSSR count). The lowest BCUT2D eigenvalue weighted by Gasteiger charge is -2.21. The van der Waals surface area contributed by atoms with E-state index in [1.165, 1.54) is 19.8 Å². The summed E-state index contributed by atoms with van der Waals surface area (Å²) in [5.74, 6) is -0.863. The molecule has 0 unspecified atom stereocenters. The molecule has 2 aromatic rings. The molecule has 0 saturated heterocycles. The number of ether oxygens (including phenoxy) is 2. The lowest BCUT2D eigenvalue weighted by Crippen LogP contribution is -2.45. The smallest absolute Gasteiger partial charge is 0.328 e. The van der Waals surface area contributed by atoms with E-state index >= 15 is 0 Å². The number of nitrogens with one attached hydrogen (secondary N) is 1. The van der Waals surface area contributed by atoms with Gasteiger partial charge in [-0.1, -0.05) is 48.5 Å². The summed E-state index contributed by atoms with van der Waals surface area (Å²) in [4.78, 5) is 24.8. The summed E-state index contributed by atoms with van der Waals surface area (Å²) < 4.78 is 10.2. The fraction of sp³-hybridized carbons (Fsp3) is 0.333. The molecule has 2 aromatic carbocycles. The normalized spacial score (nSPS) is 12.9. The first kappa shape index (κ1) is 19.7. The van der Waals surface area contributed by atoms with Crippen molar-refractivity contribution in [3.05, 3.63) is 70.8 Å². The van der Waals surface area contributed by atoms with Crippen LogP contribution in [0.25, 0.3) is 0 Å². The van der Waals surface area contributed by atoms with E-state index in [1.807, 2.05) is 62.4 Å². The number of amides is 1. The van der Waals surface area contributed by atoms with Gasteiger partial charge in [0.15, 0.2) is 6.10 Å². The minimum absolute atomic E-state index is 0.352. The van der Waals surface area contributed by atoms with Crippen LogP contribution in [0.4, 0.5) is 0 Å². The number of carbonyl (C=O) groups excluding carboxylic acids is 2. The van der Waals surface area contributed by atoms with Gasteiger partial charge in [-0.25, -0.2) is 4.79 Å². The maximum atomic E-state index is 12.7. The molecule has 0 bridgehead atoms. The first-order valence-electron chi connectivity index (χ1n) is 8.48. The molecule has 5 heteroatoms. The molecule has 0 heterocycles. The predicted octanol–water partition coefficient (Wildman–Crippen LogP) is 2.89. The third-order valence-electron chi connectivity index (χ3n) is 4.39. The highest BCUT2D eigenvalue weighted by molar-refractivity contribution is 5.87. The second-order valence-electron chi connectivity index (χ2n) is 6.23. The topological polar surface area (TPSA) is 64.6 Å². The van der Waals surface area contributed by atoms with Crippen molar-refractivity contribution in [1.29, 1.82) is 0 Å². The molecule has 0 fully saturated rings. The number of rotatable bonds is 7. The zero-order valence-corrected chi connectivity index (χ0v) is 15.6. The van der Waals surface area contributed by atoms with Gasteiger partial charge in [-0.15, -0.1) is 0 Å². The van der Waals surface area contributed by atoms with Gasteiger partial charge in [0.05, 0.1) is 7.11 Å². The van der Waals surface area contributed by atoms with Gasteiger partial charge in [0.2, 0.25) is 0 Å². The zero-order chi connectivity index (χ0) is 19.1. The summed E-state index contributed by atoms with van der Waals surface area (Å²) in [6.45, 7) is 4.04. The SMILES string of the molecule is COC(=O)[C@H](Cc1ccc(C)c(C)c1)NC(=O)[C@H](OC)c1ccccc1. The average Bonchev–Trinajstić information content (AvgIpc) is 2.65. The van der Waals surface area contributed by atoms with E-state index in [0.717, 1.165) is 16.7 Å². The molecule has 26 heavy (non-hydrogen) atoms. The van der Waals surface area contributed by atoms with E-state index in [-0.39, 0.29) is 5.91 Å². The van der Waals surface area contributed by atoms with Crippen LogP contribution >= 0.6 is 0 Å². The van der Waals surface area contributed by atoms with Crippen molar-refractivity contribution in [2.75, 3.05) is 14.2 Å². The summed E-state index contributed by atoms with van der Waals surface area (Å²) in [5.41, 5.74) is 3.99. The van der Waals surface area contributed by atoms with Crippen molar-refractivity contribution >= 4 is 11.9 Å². The largest absolute Gasteiger partial charge is 0.467 e. The molecule has 1 amide bonds. The lowest BCUT2D eigenvalue weighted by molar-refractivity contribution is -0.146. The minimum atomic E-state index is -0.789. The summed E-state index contributed by atoms with van der Waals surface area (Å²) in [6.07, 6.45) is -0.437. The fourth-order valence-electron chi connectivity index (χ4n) is 2.77. The Hall–Kier alpha value is -2.66. The van der Waals surface area contributed by atoms with Crippen LogP contribution in [0.1, 0.15) is 28.4 Å². The summed E-state index contributed by atoms with van der Waals surface area (Å²) in [6, 6.07) is 14.3. The van der Waals surface area contributed by atoms with Crippen LogP contribution in [0.15, 0.2) is 48.5 Å². The van der Waals surface area contributed by atoms with E-state index in [9.17, 15) is 9.59 Å². The molecule has 2 atom stereocenters.